The molecule has 6 heteroatoms. The Labute approximate surface area is 127 Å². The molecule has 0 saturated heterocycles. The summed E-state index contributed by atoms with van der Waals surface area (Å²) >= 11 is 0. The van der Waals surface area contributed by atoms with Gasteiger partial charge in [0.05, 0.1) is 6.61 Å². The first kappa shape index (κ1) is 14.2. The van der Waals surface area contributed by atoms with Crippen molar-refractivity contribution >= 4 is 11.7 Å². The number of hydrogen-bond donors (Lipinski definition) is 0. The molecule has 0 spiro atoms. The van der Waals surface area contributed by atoms with Crippen molar-refractivity contribution in [3.8, 4) is 0 Å². The Kier molecular flexibility index (Phi) is 4.09. The van der Waals surface area contributed by atoms with Gasteiger partial charge in [-0.15, -0.1) is 5.10 Å². The van der Waals surface area contributed by atoms with E-state index in [0.717, 1.165) is 18.5 Å². The van der Waals surface area contributed by atoms with Crippen molar-refractivity contribution in [3.63, 3.8) is 0 Å². The molecule has 3 rings (SSSR count). The minimum Gasteiger partial charge on any atom is -0.460 e. The largest absolute Gasteiger partial charge is 0.460 e. The van der Waals surface area contributed by atoms with Gasteiger partial charge in [0.2, 0.25) is 0 Å². The maximum absolute atomic E-state index is 11.9. The maximum Gasteiger partial charge on any atom is 0.378 e. The Morgan fingerprint density at radius 2 is 2.05 bits per heavy atom. The van der Waals surface area contributed by atoms with Gasteiger partial charge in [-0.25, -0.2) is 14.3 Å². The number of ether oxygens (including phenoxy) is 1. The number of fused-ring (bicyclic) bond motifs is 1. The minimum absolute atomic E-state index is 0.0431. The molecule has 22 heavy (non-hydrogen) atoms. The van der Waals surface area contributed by atoms with Crippen LogP contribution in [-0.4, -0.2) is 32.2 Å². The van der Waals surface area contributed by atoms with Crippen LogP contribution in [0.15, 0.2) is 42.6 Å². The van der Waals surface area contributed by atoms with Crippen molar-refractivity contribution in [1.82, 2.24) is 19.6 Å². The highest BCUT2D eigenvalue weighted by Crippen LogP contribution is 2.05. The minimum atomic E-state index is -0.516. The molecule has 6 nitrogen and oxygen atoms in total. The molecule has 0 aliphatic heterocycles. The maximum atomic E-state index is 11.9. The average Bonchev–Trinajstić information content (AvgIpc) is 2.98. The van der Waals surface area contributed by atoms with Crippen LogP contribution in [0.5, 0.6) is 0 Å². The molecule has 0 bridgehead atoms. The highest BCUT2D eigenvalue weighted by molar-refractivity contribution is 5.85. The van der Waals surface area contributed by atoms with Crippen LogP contribution in [0.25, 0.3) is 5.78 Å². The SMILES string of the molecule is Cc1ccnc2nc(C(=O)OCCCc3ccccc3)nn12. The van der Waals surface area contributed by atoms with E-state index in [1.807, 2.05) is 25.1 Å². The van der Waals surface area contributed by atoms with Crippen LogP contribution in [0.3, 0.4) is 0 Å². The summed E-state index contributed by atoms with van der Waals surface area (Å²) in [5.41, 5.74) is 2.09. The van der Waals surface area contributed by atoms with Gasteiger partial charge in [-0.2, -0.15) is 4.98 Å². The molecule has 3 aromatic rings. The first-order chi connectivity index (χ1) is 10.7. The molecule has 0 amide bonds. The lowest BCUT2D eigenvalue weighted by molar-refractivity contribution is 0.0486. The summed E-state index contributed by atoms with van der Waals surface area (Å²) in [5.74, 6) is -0.0734. The van der Waals surface area contributed by atoms with Gasteiger partial charge in [-0.3, -0.25) is 0 Å². The van der Waals surface area contributed by atoms with E-state index in [1.165, 1.54) is 10.1 Å². The fourth-order valence-electron chi connectivity index (χ4n) is 2.14. The predicted octanol–water partition coefficient (Wildman–Crippen LogP) is 2.22. The van der Waals surface area contributed by atoms with Crippen molar-refractivity contribution in [2.24, 2.45) is 0 Å². The topological polar surface area (TPSA) is 69.4 Å². The molecule has 0 unspecified atom stereocenters. The van der Waals surface area contributed by atoms with Crippen molar-refractivity contribution in [2.45, 2.75) is 19.8 Å². The lowest BCUT2D eigenvalue weighted by Gasteiger charge is -2.02. The number of benzene rings is 1. The first-order valence-corrected chi connectivity index (χ1v) is 7.13. The van der Waals surface area contributed by atoms with Gasteiger partial charge in [-0.05, 0) is 31.4 Å². The van der Waals surface area contributed by atoms with Gasteiger partial charge >= 0.3 is 5.97 Å². The normalized spacial score (nSPS) is 10.8. The Morgan fingerprint density at radius 3 is 2.82 bits per heavy atom. The van der Waals surface area contributed by atoms with Crippen LogP contribution in [-0.2, 0) is 11.2 Å². The summed E-state index contributed by atoms with van der Waals surface area (Å²) in [5, 5.41) is 4.12. The number of hydrogen-bond acceptors (Lipinski definition) is 5. The summed E-state index contributed by atoms with van der Waals surface area (Å²) in [7, 11) is 0. The highest BCUT2D eigenvalue weighted by atomic mass is 16.5. The number of aryl methyl sites for hydroxylation is 2. The lowest BCUT2D eigenvalue weighted by atomic mass is 10.1. The standard InChI is InChI=1S/C16H16N4O2/c1-12-9-10-17-16-18-14(19-20(12)16)15(21)22-11-5-8-13-6-3-2-4-7-13/h2-4,6-7,9-10H,5,8,11H2,1H3. The van der Waals surface area contributed by atoms with E-state index < -0.39 is 5.97 Å². The molecule has 0 fully saturated rings. The van der Waals surface area contributed by atoms with E-state index in [1.54, 1.807) is 12.3 Å². The molecule has 0 N–H and O–H groups in total. The van der Waals surface area contributed by atoms with E-state index in [-0.39, 0.29) is 5.82 Å². The van der Waals surface area contributed by atoms with Crippen molar-refractivity contribution in [3.05, 3.63) is 59.7 Å². The monoisotopic (exact) mass is 296 g/mol. The van der Waals surface area contributed by atoms with E-state index in [2.05, 4.69) is 27.2 Å². The van der Waals surface area contributed by atoms with Crippen LogP contribution in [0.2, 0.25) is 0 Å². The molecule has 112 valence electrons. The predicted molar refractivity (Wildman–Crippen MR) is 80.6 cm³/mol. The van der Waals surface area contributed by atoms with Gasteiger partial charge in [0.15, 0.2) is 0 Å². The summed E-state index contributed by atoms with van der Waals surface area (Å²) in [6.45, 7) is 2.22. The molecule has 0 aliphatic rings. The average molecular weight is 296 g/mol. The first-order valence-electron chi connectivity index (χ1n) is 7.13. The number of rotatable bonds is 5. The van der Waals surface area contributed by atoms with E-state index >= 15 is 0 Å². The van der Waals surface area contributed by atoms with Gasteiger partial charge < -0.3 is 4.74 Å². The lowest BCUT2D eigenvalue weighted by Crippen LogP contribution is -2.09. The van der Waals surface area contributed by atoms with Gasteiger partial charge in [-0.1, -0.05) is 30.3 Å². The molecule has 0 saturated carbocycles. The molecule has 2 heterocycles. The zero-order valence-electron chi connectivity index (χ0n) is 12.3. The molecule has 0 aliphatic carbocycles. The Hall–Kier alpha value is -2.76. The summed E-state index contributed by atoms with van der Waals surface area (Å²) in [6, 6.07) is 11.9. The molecule has 0 atom stereocenters. The fraction of sp³-hybridized carbons (Fsp3) is 0.250. The third-order valence-electron chi connectivity index (χ3n) is 3.30. The second-order valence-corrected chi connectivity index (χ2v) is 4.96. The smallest absolute Gasteiger partial charge is 0.378 e. The zero-order chi connectivity index (χ0) is 15.4. The molecular weight excluding hydrogens is 280 g/mol. The summed E-state index contributed by atoms with van der Waals surface area (Å²) < 4.78 is 6.74. The van der Waals surface area contributed by atoms with E-state index in [9.17, 15) is 4.79 Å². The Balaban J connectivity index is 1.56. The molecule has 1 aromatic carbocycles. The van der Waals surface area contributed by atoms with Crippen LogP contribution < -0.4 is 0 Å². The van der Waals surface area contributed by atoms with Crippen molar-refractivity contribution in [2.75, 3.05) is 6.61 Å². The zero-order valence-corrected chi connectivity index (χ0v) is 12.3. The Morgan fingerprint density at radius 1 is 1.23 bits per heavy atom. The third kappa shape index (κ3) is 3.11. The second-order valence-electron chi connectivity index (χ2n) is 4.96. The van der Waals surface area contributed by atoms with E-state index in [0.29, 0.717) is 12.4 Å². The number of nitrogens with zero attached hydrogens (tertiary/aromatic N) is 4. The van der Waals surface area contributed by atoms with Crippen molar-refractivity contribution in [1.29, 1.82) is 0 Å². The Bertz CT molecular complexity index is 783. The molecular formula is C16H16N4O2. The highest BCUT2D eigenvalue weighted by Gasteiger charge is 2.15. The number of aromatic nitrogens is 4. The number of carbonyl (C=O) groups excluding carboxylic acids is 1. The van der Waals surface area contributed by atoms with Gasteiger partial charge in [0, 0.05) is 11.9 Å². The quantitative estimate of drug-likeness (QED) is 0.533. The number of carbonyl (C=O) groups is 1. The van der Waals surface area contributed by atoms with Crippen LogP contribution in [0.1, 0.15) is 28.3 Å². The number of esters is 1. The third-order valence-corrected chi connectivity index (χ3v) is 3.30. The molecule has 2 aromatic heterocycles. The van der Waals surface area contributed by atoms with Crippen LogP contribution >= 0.6 is 0 Å². The second kappa shape index (κ2) is 6.34. The molecule has 0 radical (unpaired) electrons. The summed E-state index contributed by atoms with van der Waals surface area (Å²) in [4.78, 5) is 20.1. The van der Waals surface area contributed by atoms with Crippen LogP contribution in [0.4, 0.5) is 0 Å². The van der Waals surface area contributed by atoms with Crippen molar-refractivity contribution < 1.29 is 9.53 Å². The summed E-state index contributed by atoms with van der Waals surface area (Å²) in [6.07, 6.45) is 3.27. The van der Waals surface area contributed by atoms with Gasteiger partial charge in [0.1, 0.15) is 0 Å². The van der Waals surface area contributed by atoms with Gasteiger partial charge in [0.25, 0.3) is 11.6 Å². The fourth-order valence-corrected chi connectivity index (χ4v) is 2.14. The van der Waals surface area contributed by atoms with Crippen LogP contribution in [0, 0.1) is 6.92 Å². The van der Waals surface area contributed by atoms with E-state index in [4.69, 9.17) is 4.74 Å².